The molecule has 24 heavy (non-hydrogen) atoms. The van der Waals surface area contributed by atoms with Gasteiger partial charge in [0.2, 0.25) is 0 Å². The van der Waals surface area contributed by atoms with E-state index in [-0.39, 0.29) is 11.8 Å². The molecule has 0 amide bonds. The highest BCUT2D eigenvalue weighted by Gasteiger charge is 2.25. The number of nitrogens with zero attached hydrogens (tertiary/aromatic N) is 1. The lowest BCUT2D eigenvalue weighted by Crippen LogP contribution is -2.33. The Morgan fingerprint density at radius 1 is 1.12 bits per heavy atom. The molecule has 6 heteroatoms. The second-order valence-corrected chi connectivity index (χ2v) is 5.89. The number of alkyl halides is 2. The van der Waals surface area contributed by atoms with Crippen LogP contribution in [0, 0.1) is 0 Å². The average Bonchev–Trinajstić information content (AvgIpc) is 3.26. The maximum atomic E-state index is 12.5. The molecule has 1 N–H and O–H groups in total. The maximum Gasteiger partial charge on any atom is 0.387 e. The summed E-state index contributed by atoms with van der Waals surface area (Å²) in [5.41, 5.74) is 0.720. The molecule has 0 saturated carbocycles. The van der Waals surface area contributed by atoms with E-state index in [1.807, 2.05) is 18.2 Å². The van der Waals surface area contributed by atoms with Gasteiger partial charge in [0.1, 0.15) is 11.5 Å². The molecule has 0 aliphatic carbocycles. The van der Waals surface area contributed by atoms with E-state index >= 15 is 0 Å². The first-order valence-electron chi connectivity index (χ1n) is 8.25. The van der Waals surface area contributed by atoms with Crippen molar-refractivity contribution in [2.75, 3.05) is 19.6 Å². The minimum atomic E-state index is -2.81. The number of halogens is 2. The number of para-hydroxylation sites is 1. The first kappa shape index (κ1) is 16.9. The van der Waals surface area contributed by atoms with Gasteiger partial charge >= 0.3 is 6.61 Å². The Labute approximate surface area is 140 Å². The molecular weight excluding hydrogens is 314 g/mol. The van der Waals surface area contributed by atoms with E-state index in [1.165, 1.54) is 12.8 Å². The molecule has 4 nitrogen and oxygen atoms in total. The molecule has 1 fully saturated rings. The number of likely N-dealkylation sites (tertiary alicyclic amines) is 1. The lowest BCUT2D eigenvalue weighted by molar-refractivity contribution is -0.0505. The highest BCUT2D eigenvalue weighted by atomic mass is 19.3. The van der Waals surface area contributed by atoms with Gasteiger partial charge < -0.3 is 14.5 Å². The Hall–Kier alpha value is -1.92. The lowest BCUT2D eigenvalue weighted by atomic mass is 10.1. The van der Waals surface area contributed by atoms with Gasteiger partial charge in [-0.25, -0.2) is 0 Å². The summed E-state index contributed by atoms with van der Waals surface area (Å²) in [6, 6.07) is 10.9. The van der Waals surface area contributed by atoms with Gasteiger partial charge in [0, 0.05) is 18.7 Å². The molecule has 1 aliphatic heterocycles. The molecule has 2 aromatic rings. The van der Waals surface area contributed by atoms with Crippen LogP contribution in [0.1, 0.15) is 30.2 Å². The fourth-order valence-electron chi connectivity index (χ4n) is 3.15. The van der Waals surface area contributed by atoms with Gasteiger partial charge in [0.05, 0.1) is 12.3 Å². The smallest absolute Gasteiger partial charge is 0.387 e. The molecule has 0 bridgehead atoms. The zero-order valence-corrected chi connectivity index (χ0v) is 13.5. The fraction of sp³-hybridized carbons (Fsp3) is 0.444. The molecule has 0 spiro atoms. The summed E-state index contributed by atoms with van der Waals surface area (Å²) in [6.45, 7) is 0.451. The van der Waals surface area contributed by atoms with Crippen molar-refractivity contribution in [2.45, 2.75) is 32.0 Å². The minimum Gasteiger partial charge on any atom is -0.468 e. The van der Waals surface area contributed by atoms with Crippen LogP contribution in [0.25, 0.3) is 0 Å². The first-order chi connectivity index (χ1) is 11.7. The summed E-state index contributed by atoms with van der Waals surface area (Å²) in [6.07, 6.45) is 4.08. The Balaban J connectivity index is 1.61. The molecule has 3 rings (SSSR count). The van der Waals surface area contributed by atoms with E-state index < -0.39 is 6.61 Å². The third-order valence-corrected chi connectivity index (χ3v) is 4.29. The number of rotatable bonds is 8. The molecule has 1 saturated heterocycles. The molecular formula is C18H22F2N2O2. The van der Waals surface area contributed by atoms with Crippen molar-refractivity contribution >= 4 is 0 Å². The molecule has 1 aromatic heterocycles. The Bertz CT molecular complexity index is 613. The predicted octanol–water partition coefficient (Wildman–Crippen LogP) is 3.81. The second-order valence-electron chi connectivity index (χ2n) is 5.89. The van der Waals surface area contributed by atoms with E-state index in [0.717, 1.165) is 24.4 Å². The van der Waals surface area contributed by atoms with Crippen LogP contribution in [0.15, 0.2) is 47.1 Å². The van der Waals surface area contributed by atoms with Gasteiger partial charge in [-0.3, -0.25) is 4.90 Å². The first-order valence-corrected chi connectivity index (χ1v) is 8.25. The largest absolute Gasteiger partial charge is 0.468 e. The quantitative estimate of drug-likeness (QED) is 0.795. The minimum absolute atomic E-state index is 0.158. The SMILES string of the molecule is FC(F)Oc1ccccc1CNCC(c1ccco1)N1CCCC1. The van der Waals surface area contributed by atoms with Crippen LogP contribution in [-0.2, 0) is 6.54 Å². The van der Waals surface area contributed by atoms with Gasteiger partial charge in [-0.05, 0) is 44.1 Å². The maximum absolute atomic E-state index is 12.5. The molecule has 1 unspecified atom stereocenters. The van der Waals surface area contributed by atoms with Crippen molar-refractivity contribution in [1.82, 2.24) is 10.2 Å². The highest BCUT2D eigenvalue weighted by Crippen LogP contribution is 2.25. The number of nitrogens with one attached hydrogen (secondary N) is 1. The molecule has 2 heterocycles. The fourth-order valence-corrected chi connectivity index (χ4v) is 3.15. The van der Waals surface area contributed by atoms with Crippen LogP contribution >= 0.6 is 0 Å². The molecule has 1 aromatic carbocycles. The summed E-state index contributed by atoms with van der Waals surface area (Å²) in [5, 5.41) is 3.35. The van der Waals surface area contributed by atoms with Crippen LogP contribution in [0.5, 0.6) is 5.75 Å². The van der Waals surface area contributed by atoms with Crippen molar-refractivity contribution in [2.24, 2.45) is 0 Å². The number of ether oxygens (including phenoxy) is 1. The third kappa shape index (κ3) is 4.33. The molecule has 0 radical (unpaired) electrons. The van der Waals surface area contributed by atoms with Crippen molar-refractivity contribution in [1.29, 1.82) is 0 Å². The number of hydrogen-bond acceptors (Lipinski definition) is 4. The lowest BCUT2D eigenvalue weighted by Gasteiger charge is -2.26. The normalized spacial score (nSPS) is 16.6. The third-order valence-electron chi connectivity index (χ3n) is 4.29. The highest BCUT2D eigenvalue weighted by molar-refractivity contribution is 5.33. The Morgan fingerprint density at radius 2 is 1.92 bits per heavy atom. The van der Waals surface area contributed by atoms with Crippen molar-refractivity contribution in [3.05, 3.63) is 54.0 Å². The van der Waals surface area contributed by atoms with Crippen molar-refractivity contribution in [3.63, 3.8) is 0 Å². The van der Waals surface area contributed by atoms with Crippen LogP contribution < -0.4 is 10.1 Å². The Morgan fingerprint density at radius 3 is 2.62 bits per heavy atom. The second kappa shape index (κ2) is 8.26. The van der Waals surface area contributed by atoms with Crippen molar-refractivity contribution < 1.29 is 17.9 Å². The van der Waals surface area contributed by atoms with E-state index in [2.05, 4.69) is 15.0 Å². The van der Waals surface area contributed by atoms with Crippen molar-refractivity contribution in [3.8, 4) is 5.75 Å². The average molecular weight is 336 g/mol. The number of furan rings is 1. The summed E-state index contributed by atoms with van der Waals surface area (Å²) in [5.74, 6) is 1.15. The summed E-state index contributed by atoms with van der Waals surface area (Å²) in [4.78, 5) is 2.40. The zero-order valence-electron chi connectivity index (χ0n) is 13.5. The molecule has 1 aliphatic rings. The zero-order chi connectivity index (χ0) is 16.8. The summed E-state index contributed by atoms with van der Waals surface area (Å²) in [7, 11) is 0. The Kier molecular flexibility index (Phi) is 5.82. The topological polar surface area (TPSA) is 37.6 Å². The van der Waals surface area contributed by atoms with Crippen LogP contribution in [-0.4, -0.2) is 31.1 Å². The van der Waals surface area contributed by atoms with E-state index in [4.69, 9.17) is 4.42 Å². The van der Waals surface area contributed by atoms with Gasteiger partial charge in [-0.2, -0.15) is 8.78 Å². The predicted molar refractivity (Wildman–Crippen MR) is 87.0 cm³/mol. The van der Waals surface area contributed by atoms with E-state index in [1.54, 1.807) is 24.5 Å². The van der Waals surface area contributed by atoms with Gasteiger partial charge in [0.25, 0.3) is 0 Å². The summed E-state index contributed by atoms with van der Waals surface area (Å²) < 4.78 is 35.1. The molecule has 130 valence electrons. The van der Waals surface area contributed by atoms with Gasteiger partial charge in [0.15, 0.2) is 0 Å². The number of hydrogen-bond donors (Lipinski definition) is 1. The monoisotopic (exact) mass is 336 g/mol. The van der Waals surface area contributed by atoms with Gasteiger partial charge in [-0.1, -0.05) is 18.2 Å². The standard InChI is InChI=1S/C18H22F2N2O2/c19-18(20)24-16-7-2-1-6-14(16)12-21-13-15(17-8-5-11-23-17)22-9-3-4-10-22/h1-2,5-8,11,15,18,21H,3-4,9-10,12-13H2. The van der Waals surface area contributed by atoms with E-state index in [9.17, 15) is 8.78 Å². The van der Waals surface area contributed by atoms with Crippen LogP contribution in [0.3, 0.4) is 0 Å². The van der Waals surface area contributed by atoms with E-state index in [0.29, 0.717) is 13.1 Å². The molecule has 1 atom stereocenters. The van der Waals surface area contributed by atoms with Crippen LogP contribution in [0.2, 0.25) is 0 Å². The summed E-state index contributed by atoms with van der Waals surface area (Å²) >= 11 is 0. The van der Waals surface area contributed by atoms with Gasteiger partial charge in [-0.15, -0.1) is 0 Å². The van der Waals surface area contributed by atoms with Crippen LogP contribution in [0.4, 0.5) is 8.78 Å². The number of benzene rings is 1.